The Hall–Kier alpha value is -1.80. The number of methoxy groups -OCH3 is 1. The van der Waals surface area contributed by atoms with Crippen molar-refractivity contribution in [3.63, 3.8) is 0 Å². The minimum atomic E-state index is -0.482. The third-order valence-electron chi connectivity index (χ3n) is 2.53. The summed E-state index contributed by atoms with van der Waals surface area (Å²) in [7, 11) is 1.64. The zero-order valence-corrected chi connectivity index (χ0v) is 10.1. The fourth-order valence-electron chi connectivity index (χ4n) is 1.77. The maximum absolute atomic E-state index is 10.7. The molecule has 2 aromatic carbocycles. The smallest absolute Gasteiger partial charge is 0.245 e. The van der Waals surface area contributed by atoms with Crippen LogP contribution < -0.4 is 4.74 Å². The molecule has 2 nitrogen and oxygen atoms in total. The Kier molecular flexibility index (Phi) is 3.45. The molecule has 0 unspecified atom stereocenters. The van der Waals surface area contributed by atoms with E-state index in [9.17, 15) is 4.79 Å². The Morgan fingerprint density at radius 3 is 2.53 bits per heavy atom. The highest BCUT2D eigenvalue weighted by Gasteiger charge is 2.03. The molecule has 0 aromatic heterocycles. The van der Waals surface area contributed by atoms with E-state index in [-0.39, 0.29) is 0 Å². The molecule has 0 spiro atoms. The van der Waals surface area contributed by atoms with Gasteiger partial charge < -0.3 is 4.74 Å². The fraction of sp³-hybridized carbons (Fsp3) is 0.0714. The van der Waals surface area contributed by atoms with Crippen molar-refractivity contribution in [3.05, 3.63) is 48.0 Å². The number of ether oxygens (including phenoxy) is 1. The van der Waals surface area contributed by atoms with Crippen molar-refractivity contribution in [2.45, 2.75) is 0 Å². The van der Waals surface area contributed by atoms with Gasteiger partial charge in [-0.1, -0.05) is 30.3 Å². The highest BCUT2D eigenvalue weighted by Crippen LogP contribution is 2.28. The first-order valence-electron chi connectivity index (χ1n) is 5.15. The lowest BCUT2D eigenvalue weighted by Crippen LogP contribution is -1.87. The molecule has 0 radical (unpaired) electrons. The molecule has 0 aliphatic carbocycles. The van der Waals surface area contributed by atoms with Crippen LogP contribution in [0.5, 0.6) is 5.75 Å². The van der Waals surface area contributed by atoms with E-state index in [1.54, 1.807) is 13.2 Å². The summed E-state index contributed by atoms with van der Waals surface area (Å²) >= 11 is 5.29. The highest BCUT2D eigenvalue weighted by molar-refractivity contribution is 6.66. The number of carbonyl (C=O) groups excluding carboxylic acids is 1. The molecule has 0 saturated heterocycles. The van der Waals surface area contributed by atoms with Crippen molar-refractivity contribution >= 4 is 33.7 Å². The normalized spacial score (nSPS) is 10.9. The second-order valence-electron chi connectivity index (χ2n) is 3.54. The van der Waals surface area contributed by atoms with Crippen molar-refractivity contribution < 1.29 is 9.53 Å². The van der Waals surface area contributed by atoms with Crippen molar-refractivity contribution in [1.82, 2.24) is 0 Å². The topological polar surface area (TPSA) is 26.3 Å². The van der Waals surface area contributed by atoms with E-state index >= 15 is 0 Å². The summed E-state index contributed by atoms with van der Waals surface area (Å²) in [6, 6.07) is 11.6. The first kappa shape index (κ1) is 11.7. The predicted molar refractivity (Wildman–Crippen MR) is 70.4 cm³/mol. The maximum atomic E-state index is 10.7. The van der Waals surface area contributed by atoms with Gasteiger partial charge in [0.1, 0.15) is 5.75 Å². The lowest BCUT2D eigenvalue weighted by atomic mass is 10.0. The quantitative estimate of drug-likeness (QED) is 0.611. The predicted octanol–water partition coefficient (Wildman–Crippen LogP) is 3.63. The largest absolute Gasteiger partial charge is 0.496 e. The second-order valence-corrected chi connectivity index (χ2v) is 3.91. The molecular formula is C14H11ClO2. The monoisotopic (exact) mass is 246 g/mol. The molecule has 2 aromatic rings. The number of hydrogen-bond donors (Lipinski definition) is 0. The van der Waals surface area contributed by atoms with E-state index in [1.165, 1.54) is 6.08 Å². The Labute approximate surface area is 104 Å². The van der Waals surface area contributed by atoms with Gasteiger partial charge in [-0.15, -0.1) is 0 Å². The van der Waals surface area contributed by atoms with E-state index in [0.29, 0.717) is 0 Å². The summed E-state index contributed by atoms with van der Waals surface area (Å²) in [5.74, 6) is 0.815. The zero-order chi connectivity index (χ0) is 12.3. The Bertz CT molecular complexity index is 588. The highest BCUT2D eigenvalue weighted by atomic mass is 35.5. The summed E-state index contributed by atoms with van der Waals surface area (Å²) in [4.78, 5) is 10.7. The van der Waals surface area contributed by atoms with Crippen molar-refractivity contribution in [1.29, 1.82) is 0 Å². The van der Waals surface area contributed by atoms with Crippen LogP contribution >= 0.6 is 11.6 Å². The summed E-state index contributed by atoms with van der Waals surface area (Å²) in [5.41, 5.74) is 0.940. The van der Waals surface area contributed by atoms with E-state index in [4.69, 9.17) is 16.3 Å². The van der Waals surface area contributed by atoms with E-state index in [0.717, 1.165) is 22.1 Å². The van der Waals surface area contributed by atoms with Crippen LogP contribution in [0.3, 0.4) is 0 Å². The molecule has 86 valence electrons. The molecule has 2 rings (SSSR count). The van der Waals surface area contributed by atoms with Crippen molar-refractivity contribution in [3.8, 4) is 5.75 Å². The van der Waals surface area contributed by atoms with E-state index in [1.807, 2.05) is 36.4 Å². The molecule has 0 amide bonds. The van der Waals surface area contributed by atoms with Gasteiger partial charge in [0.2, 0.25) is 5.24 Å². The van der Waals surface area contributed by atoms with Gasteiger partial charge in [0.05, 0.1) is 7.11 Å². The number of fused-ring (bicyclic) bond motifs is 1. The average molecular weight is 247 g/mol. The van der Waals surface area contributed by atoms with Gasteiger partial charge in [-0.2, -0.15) is 0 Å². The van der Waals surface area contributed by atoms with Crippen molar-refractivity contribution in [2.75, 3.05) is 7.11 Å². The minimum Gasteiger partial charge on any atom is -0.496 e. The molecule has 0 N–H and O–H groups in total. The summed E-state index contributed by atoms with van der Waals surface area (Å²) < 4.78 is 5.29. The van der Waals surface area contributed by atoms with Gasteiger partial charge in [0.15, 0.2) is 0 Å². The summed E-state index contributed by atoms with van der Waals surface area (Å²) in [6.07, 6.45) is 3.05. The van der Waals surface area contributed by atoms with Crippen LogP contribution in [0.2, 0.25) is 0 Å². The van der Waals surface area contributed by atoms with Gasteiger partial charge in [0, 0.05) is 5.39 Å². The van der Waals surface area contributed by atoms with E-state index in [2.05, 4.69) is 0 Å². The number of halogens is 1. The van der Waals surface area contributed by atoms with Crippen LogP contribution in [0.15, 0.2) is 42.5 Å². The third-order valence-corrected chi connectivity index (χ3v) is 2.66. The molecular weight excluding hydrogens is 236 g/mol. The SMILES string of the molecule is COc1ccc(/C=C/C(=O)Cl)c2ccccc12. The second kappa shape index (κ2) is 5.02. The van der Waals surface area contributed by atoms with Crippen LogP contribution in [-0.2, 0) is 4.79 Å². The Morgan fingerprint density at radius 1 is 1.18 bits per heavy atom. The molecule has 0 saturated carbocycles. The maximum Gasteiger partial charge on any atom is 0.245 e. The molecule has 0 atom stereocenters. The zero-order valence-electron chi connectivity index (χ0n) is 9.31. The summed E-state index contributed by atoms with van der Waals surface area (Å²) in [6.45, 7) is 0. The van der Waals surface area contributed by atoms with Gasteiger partial charge >= 0.3 is 0 Å². The molecule has 17 heavy (non-hydrogen) atoms. The molecule has 0 bridgehead atoms. The first-order chi connectivity index (χ1) is 8.22. The number of allylic oxidation sites excluding steroid dienone is 1. The van der Waals surface area contributed by atoms with Crippen LogP contribution in [0.1, 0.15) is 5.56 Å². The molecule has 3 heteroatoms. The van der Waals surface area contributed by atoms with Gasteiger partial charge in [-0.05, 0) is 40.8 Å². The van der Waals surface area contributed by atoms with Gasteiger partial charge in [-0.3, -0.25) is 4.79 Å². The molecule has 0 heterocycles. The molecule has 0 aliphatic heterocycles. The number of benzene rings is 2. The van der Waals surface area contributed by atoms with Crippen LogP contribution in [0, 0.1) is 0 Å². The third kappa shape index (κ3) is 2.48. The lowest BCUT2D eigenvalue weighted by Gasteiger charge is -2.07. The Morgan fingerprint density at radius 2 is 1.88 bits per heavy atom. The standard InChI is InChI=1S/C14H11ClO2/c1-17-13-8-6-10(7-9-14(15)16)11-4-2-3-5-12(11)13/h2-9H,1H3/b9-7+. The van der Waals surface area contributed by atoms with Crippen molar-refractivity contribution in [2.24, 2.45) is 0 Å². The first-order valence-corrected chi connectivity index (χ1v) is 5.53. The number of rotatable bonds is 3. The van der Waals surface area contributed by atoms with E-state index < -0.39 is 5.24 Å². The molecule has 0 aliphatic rings. The lowest BCUT2D eigenvalue weighted by molar-refractivity contribution is -0.107. The number of hydrogen-bond acceptors (Lipinski definition) is 2. The van der Waals surface area contributed by atoms with Crippen LogP contribution in [-0.4, -0.2) is 12.4 Å². The van der Waals surface area contributed by atoms with Gasteiger partial charge in [-0.25, -0.2) is 0 Å². The fourth-order valence-corrected chi connectivity index (χ4v) is 1.84. The van der Waals surface area contributed by atoms with Crippen LogP contribution in [0.25, 0.3) is 16.8 Å². The Balaban J connectivity index is 2.62. The molecule has 0 fully saturated rings. The number of carbonyl (C=O) groups is 1. The minimum absolute atomic E-state index is 0.482. The van der Waals surface area contributed by atoms with Crippen LogP contribution in [0.4, 0.5) is 0 Å². The van der Waals surface area contributed by atoms with Gasteiger partial charge in [0.25, 0.3) is 0 Å². The average Bonchev–Trinajstić information content (AvgIpc) is 2.35. The summed E-state index contributed by atoms with van der Waals surface area (Å²) in [5, 5.41) is 1.56.